The first kappa shape index (κ1) is 18.9. The van der Waals surface area contributed by atoms with E-state index in [0.717, 1.165) is 0 Å². The highest BCUT2D eigenvalue weighted by molar-refractivity contribution is 7.55. The van der Waals surface area contributed by atoms with Crippen molar-refractivity contribution in [3.05, 3.63) is 0 Å². The fraction of sp³-hybridized carbons (Fsp3) is 1.00. The van der Waals surface area contributed by atoms with Crippen LogP contribution >= 0.6 is 38.4 Å². The minimum absolute atomic E-state index is 0.189. The molecule has 0 aliphatic rings. The highest BCUT2D eigenvalue weighted by atomic mass is 35.5. The first-order valence-corrected chi connectivity index (χ1v) is 9.68. The standard InChI is InChI=1S/C8H18Cl2O6P2/c1-13-17(11,7-9)15-5-3-4-6-16-18(12,8-10)14-2/h3-8H2,1-2H3/t17-,18-/m0/s1. The van der Waals surface area contributed by atoms with Gasteiger partial charge in [-0.3, -0.25) is 9.13 Å². The summed E-state index contributed by atoms with van der Waals surface area (Å²) in [6.07, 6.45) is 1.13. The predicted molar refractivity (Wildman–Crippen MR) is 71.8 cm³/mol. The van der Waals surface area contributed by atoms with Gasteiger partial charge in [-0.1, -0.05) is 0 Å². The van der Waals surface area contributed by atoms with Gasteiger partial charge in [0.25, 0.3) is 0 Å². The molecule has 2 atom stereocenters. The molecule has 0 bridgehead atoms. The Morgan fingerprint density at radius 2 is 1.17 bits per heavy atom. The van der Waals surface area contributed by atoms with Crippen molar-refractivity contribution in [3.8, 4) is 0 Å². The van der Waals surface area contributed by atoms with E-state index in [4.69, 9.17) is 32.2 Å². The molecular formula is C8H18Cl2O6P2. The SMILES string of the molecule is CO[P@@](=O)(CCl)OCCCCO[P@](=O)(CCl)OC. The lowest BCUT2D eigenvalue weighted by molar-refractivity contribution is 0.208. The van der Waals surface area contributed by atoms with Gasteiger partial charge >= 0.3 is 15.2 Å². The summed E-state index contributed by atoms with van der Waals surface area (Å²) in [5, 5.41) is 0. The first-order chi connectivity index (χ1) is 8.45. The van der Waals surface area contributed by atoms with Crippen molar-refractivity contribution >= 4 is 38.4 Å². The summed E-state index contributed by atoms with van der Waals surface area (Å²) in [4.78, 5) is 0. The van der Waals surface area contributed by atoms with Crippen LogP contribution in [-0.2, 0) is 27.2 Å². The first-order valence-electron chi connectivity index (χ1n) is 5.16. The summed E-state index contributed by atoms with van der Waals surface area (Å²) < 4.78 is 42.5. The van der Waals surface area contributed by atoms with Gasteiger partial charge in [0.2, 0.25) is 0 Å². The lowest BCUT2D eigenvalue weighted by Crippen LogP contribution is -2.00. The molecule has 110 valence electrons. The van der Waals surface area contributed by atoms with Crippen LogP contribution in [0.5, 0.6) is 0 Å². The van der Waals surface area contributed by atoms with Crippen molar-refractivity contribution in [2.75, 3.05) is 38.7 Å². The van der Waals surface area contributed by atoms with Gasteiger partial charge in [0.05, 0.1) is 13.2 Å². The quantitative estimate of drug-likeness (QED) is 0.322. The van der Waals surface area contributed by atoms with E-state index < -0.39 is 15.2 Å². The van der Waals surface area contributed by atoms with Gasteiger partial charge < -0.3 is 18.1 Å². The second-order valence-electron chi connectivity index (χ2n) is 3.20. The largest absolute Gasteiger partial charge is 0.345 e. The number of unbranched alkanes of at least 4 members (excludes halogenated alkanes) is 1. The van der Waals surface area contributed by atoms with Crippen molar-refractivity contribution in [2.24, 2.45) is 0 Å². The van der Waals surface area contributed by atoms with Gasteiger partial charge in [0, 0.05) is 14.2 Å². The van der Waals surface area contributed by atoms with Crippen LogP contribution in [0.1, 0.15) is 12.8 Å². The van der Waals surface area contributed by atoms with Crippen LogP contribution in [-0.4, -0.2) is 38.7 Å². The molecule has 0 radical (unpaired) electrons. The lowest BCUT2D eigenvalue weighted by Gasteiger charge is -2.14. The molecule has 0 aliphatic heterocycles. The molecule has 0 fully saturated rings. The monoisotopic (exact) mass is 342 g/mol. The lowest BCUT2D eigenvalue weighted by atomic mass is 10.3. The van der Waals surface area contributed by atoms with Gasteiger partial charge in [-0.15, -0.1) is 23.2 Å². The van der Waals surface area contributed by atoms with Crippen LogP contribution in [0.25, 0.3) is 0 Å². The third-order valence-electron chi connectivity index (χ3n) is 1.96. The number of halogens is 2. The maximum Gasteiger partial charge on any atom is 0.345 e. The maximum atomic E-state index is 11.5. The molecule has 18 heavy (non-hydrogen) atoms. The van der Waals surface area contributed by atoms with E-state index in [-0.39, 0.29) is 24.5 Å². The van der Waals surface area contributed by atoms with Crippen LogP contribution in [0.2, 0.25) is 0 Å². The molecule has 6 nitrogen and oxygen atoms in total. The molecule has 0 aliphatic carbocycles. The predicted octanol–water partition coefficient (Wildman–Crippen LogP) is 3.87. The van der Waals surface area contributed by atoms with E-state index >= 15 is 0 Å². The molecule has 0 N–H and O–H groups in total. The van der Waals surface area contributed by atoms with Gasteiger partial charge in [-0.25, -0.2) is 0 Å². The van der Waals surface area contributed by atoms with Crippen LogP contribution in [0, 0.1) is 0 Å². The summed E-state index contributed by atoms with van der Waals surface area (Å²) in [5.41, 5.74) is -0.379. The Morgan fingerprint density at radius 1 is 0.833 bits per heavy atom. The normalized spacial score (nSPS) is 18.2. The van der Waals surface area contributed by atoms with Gasteiger partial charge in [0.15, 0.2) is 0 Å². The third kappa shape index (κ3) is 7.46. The van der Waals surface area contributed by atoms with E-state index in [2.05, 4.69) is 9.05 Å². The molecule has 0 spiro atoms. The molecule has 0 saturated carbocycles. The van der Waals surface area contributed by atoms with Crippen molar-refractivity contribution in [2.45, 2.75) is 12.8 Å². The Labute approximate surface area is 117 Å². The highest BCUT2D eigenvalue weighted by Gasteiger charge is 2.22. The fourth-order valence-corrected chi connectivity index (χ4v) is 3.24. The number of hydrogen-bond donors (Lipinski definition) is 0. The van der Waals surface area contributed by atoms with Gasteiger partial charge in [-0.05, 0) is 12.8 Å². The fourth-order valence-electron chi connectivity index (χ4n) is 0.883. The summed E-state index contributed by atoms with van der Waals surface area (Å²) in [7, 11) is -3.74. The molecule has 0 rings (SSSR count). The van der Waals surface area contributed by atoms with E-state index in [1.807, 2.05) is 0 Å². The van der Waals surface area contributed by atoms with E-state index in [1.165, 1.54) is 14.2 Å². The molecule has 0 aromatic rings. The molecule has 0 aromatic carbocycles. The summed E-state index contributed by atoms with van der Waals surface area (Å²) >= 11 is 10.9. The highest BCUT2D eigenvalue weighted by Crippen LogP contribution is 2.49. The number of rotatable bonds is 11. The van der Waals surface area contributed by atoms with Crippen LogP contribution < -0.4 is 0 Å². The second kappa shape index (κ2) is 9.73. The third-order valence-corrected chi connectivity index (χ3v) is 6.57. The topological polar surface area (TPSA) is 71.1 Å². The second-order valence-corrected chi connectivity index (χ2v) is 8.80. The van der Waals surface area contributed by atoms with Crippen molar-refractivity contribution in [3.63, 3.8) is 0 Å². The van der Waals surface area contributed by atoms with Gasteiger partial charge in [-0.2, -0.15) is 0 Å². The Morgan fingerprint density at radius 3 is 1.39 bits per heavy atom. The van der Waals surface area contributed by atoms with E-state index in [9.17, 15) is 9.13 Å². The number of alkyl halides is 2. The number of hydrogen-bond acceptors (Lipinski definition) is 6. The Hall–Kier alpha value is 0.880. The molecule has 0 aromatic heterocycles. The van der Waals surface area contributed by atoms with Crippen LogP contribution in [0.4, 0.5) is 0 Å². The molecule has 0 saturated heterocycles. The molecule has 10 heteroatoms. The summed E-state index contributed by atoms with van der Waals surface area (Å²) in [6, 6.07) is 0. The Kier molecular flexibility index (Phi) is 10.2. The van der Waals surface area contributed by atoms with Crippen molar-refractivity contribution < 1.29 is 27.2 Å². The average molecular weight is 343 g/mol. The smallest absolute Gasteiger partial charge is 0.311 e. The zero-order valence-corrected chi connectivity index (χ0v) is 13.6. The zero-order chi connectivity index (χ0) is 14.1. The van der Waals surface area contributed by atoms with E-state index in [0.29, 0.717) is 12.8 Å². The summed E-state index contributed by atoms with van der Waals surface area (Å²) in [5.74, 6) is 0. The molecule has 0 unspecified atom stereocenters. The van der Waals surface area contributed by atoms with Crippen LogP contribution in [0.3, 0.4) is 0 Å². The zero-order valence-electron chi connectivity index (χ0n) is 10.3. The molecule has 0 heterocycles. The minimum Gasteiger partial charge on any atom is -0.311 e. The minimum atomic E-state index is -3.15. The van der Waals surface area contributed by atoms with Crippen molar-refractivity contribution in [1.29, 1.82) is 0 Å². The van der Waals surface area contributed by atoms with Crippen molar-refractivity contribution in [1.82, 2.24) is 0 Å². The maximum absolute atomic E-state index is 11.5. The molecule has 0 amide bonds. The average Bonchev–Trinajstić information content (AvgIpc) is 2.42. The van der Waals surface area contributed by atoms with Gasteiger partial charge in [0.1, 0.15) is 11.2 Å². The van der Waals surface area contributed by atoms with E-state index in [1.54, 1.807) is 0 Å². The Bertz CT molecular complexity index is 268. The summed E-state index contributed by atoms with van der Waals surface area (Å²) in [6.45, 7) is 0.443. The molecular weight excluding hydrogens is 325 g/mol. The Balaban J connectivity index is 3.70. The van der Waals surface area contributed by atoms with Crippen LogP contribution in [0.15, 0.2) is 0 Å².